The maximum Gasteiger partial charge on any atom is 0.261 e. The van der Waals surface area contributed by atoms with Crippen molar-refractivity contribution in [3.05, 3.63) is 19.2 Å². The Morgan fingerprint density at radius 2 is 1.95 bits per heavy atom. The minimum absolute atomic E-state index is 0.132. The van der Waals surface area contributed by atoms with E-state index in [9.17, 15) is 9.59 Å². The summed E-state index contributed by atoms with van der Waals surface area (Å²) in [6, 6.07) is 1.77. The van der Waals surface area contributed by atoms with Crippen molar-refractivity contribution in [3.8, 4) is 0 Å². The van der Waals surface area contributed by atoms with Crippen molar-refractivity contribution in [2.24, 2.45) is 0 Å². The average Bonchev–Trinajstić information content (AvgIpc) is 2.79. The van der Waals surface area contributed by atoms with Crippen molar-refractivity contribution < 1.29 is 9.59 Å². The van der Waals surface area contributed by atoms with Crippen molar-refractivity contribution in [1.82, 2.24) is 10.2 Å². The Labute approximate surface area is 139 Å². The number of amides is 2. The number of hydrogen-bond acceptors (Lipinski definition) is 3. The Hall–Kier alpha value is -0.400. The van der Waals surface area contributed by atoms with Crippen LogP contribution in [0.4, 0.5) is 0 Å². The van der Waals surface area contributed by atoms with Crippen molar-refractivity contribution in [2.45, 2.75) is 25.7 Å². The van der Waals surface area contributed by atoms with E-state index in [1.807, 2.05) is 4.90 Å². The quantitative estimate of drug-likeness (QED) is 0.806. The number of carbonyl (C=O) groups is 2. The van der Waals surface area contributed by atoms with Gasteiger partial charge in [0.2, 0.25) is 5.91 Å². The lowest BCUT2D eigenvalue weighted by atomic mass is 10.1. The van der Waals surface area contributed by atoms with E-state index in [1.54, 1.807) is 6.07 Å². The number of likely N-dealkylation sites (tertiary alicyclic amines) is 1. The highest BCUT2D eigenvalue weighted by Gasteiger charge is 2.17. The van der Waals surface area contributed by atoms with Gasteiger partial charge in [-0.15, -0.1) is 11.3 Å². The molecule has 0 saturated carbocycles. The molecule has 1 aromatic rings. The molecule has 0 bridgehead atoms. The number of piperidine rings is 1. The van der Waals surface area contributed by atoms with E-state index in [4.69, 9.17) is 0 Å². The van der Waals surface area contributed by atoms with Gasteiger partial charge in [0.15, 0.2) is 0 Å². The first-order valence-electron chi connectivity index (χ1n) is 6.58. The van der Waals surface area contributed by atoms with E-state index in [0.717, 1.165) is 34.2 Å². The highest BCUT2D eigenvalue weighted by atomic mass is 79.9. The molecule has 1 N–H and O–H groups in total. The van der Waals surface area contributed by atoms with Gasteiger partial charge in [-0.2, -0.15) is 0 Å². The molecule has 2 heterocycles. The highest BCUT2D eigenvalue weighted by molar-refractivity contribution is 9.13. The monoisotopic (exact) mass is 422 g/mol. The summed E-state index contributed by atoms with van der Waals surface area (Å²) in [6.07, 6.45) is 3.77. The van der Waals surface area contributed by atoms with Crippen LogP contribution < -0.4 is 5.32 Å². The molecule has 1 fully saturated rings. The minimum Gasteiger partial charge on any atom is -0.351 e. The summed E-state index contributed by atoms with van der Waals surface area (Å²) >= 11 is 8.08. The van der Waals surface area contributed by atoms with Crippen LogP contribution >= 0.6 is 43.2 Å². The third-order valence-corrected chi connectivity index (χ3v) is 6.46. The Bertz CT molecular complexity index is 479. The van der Waals surface area contributed by atoms with Crippen LogP contribution in [0.25, 0.3) is 0 Å². The Kier molecular flexibility index (Phi) is 6.04. The second-order valence-corrected chi connectivity index (χ2v) is 7.90. The molecule has 0 unspecified atom stereocenters. The third-order valence-electron chi connectivity index (χ3n) is 3.20. The molecule has 2 amide bonds. The predicted octanol–water partition coefficient (Wildman–Crippen LogP) is 3.41. The zero-order valence-corrected chi connectivity index (χ0v) is 14.9. The molecular weight excluding hydrogens is 408 g/mol. The van der Waals surface area contributed by atoms with Gasteiger partial charge in [0.05, 0.1) is 8.66 Å². The van der Waals surface area contributed by atoms with Crippen LogP contribution in [0.5, 0.6) is 0 Å². The van der Waals surface area contributed by atoms with Crippen molar-refractivity contribution in [3.63, 3.8) is 0 Å². The lowest BCUT2D eigenvalue weighted by Crippen LogP contribution is -2.37. The molecule has 0 radical (unpaired) electrons. The average molecular weight is 424 g/mol. The summed E-state index contributed by atoms with van der Waals surface area (Å²) in [5.41, 5.74) is 0. The van der Waals surface area contributed by atoms with Gasteiger partial charge in [-0.05, 0) is 57.2 Å². The number of nitrogens with one attached hydrogen (secondary N) is 1. The van der Waals surface area contributed by atoms with Crippen LogP contribution in [-0.2, 0) is 4.79 Å². The number of thiophene rings is 1. The Morgan fingerprint density at radius 3 is 2.55 bits per heavy atom. The molecule has 1 aromatic heterocycles. The van der Waals surface area contributed by atoms with Gasteiger partial charge in [-0.25, -0.2) is 0 Å². The summed E-state index contributed by atoms with van der Waals surface area (Å²) in [4.78, 5) is 26.4. The summed E-state index contributed by atoms with van der Waals surface area (Å²) in [6.45, 7) is 2.11. The largest absolute Gasteiger partial charge is 0.351 e. The van der Waals surface area contributed by atoms with E-state index in [1.165, 1.54) is 17.8 Å². The summed E-state index contributed by atoms with van der Waals surface area (Å²) < 4.78 is 1.77. The maximum atomic E-state index is 11.9. The van der Waals surface area contributed by atoms with E-state index >= 15 is 0 Å². The topological polar surface area (TPSA) is 49.4 Å². The number of hydrogen-bond donors (Lipinski definition) is 1. The lowest BCUT2D eigenvalue weighted by Gasteiger charge is -2.26. The van der Waals surface area contributed by atoms with Gasteiger partial charge in [0.25, 0.3) is 5.91 Å². The van der Waals surface area contributed by atoms with Crippen molar-refractivity contribution in [1.29, 1.82) is 0 Å². The summed E-state index contributed by atoms with van der Waals surface area (Å²) in [5.74, 6) is 0.00591. The molecule has 0 spiro atoms. The first-order chi connectivity index (χ1) is 9.58. The number of carbonyl (C=O) groups excluding carboxylic acids is 2. The zero-order valence-electron chi connectivity index (χ0n) is 11.0. The van der Waals surface area contributed by atoms with E-state index in [2.05, 4.69) is 37.2 Å². The van der Waals surface area contributed by atoms with Crippen LogP contribution in [0, 0.1) is 0 Å². The minimum atomic E-state index is -0.132. The fraction of sp³-hybridized carbons (Fsp3) is 0.538. The first kappa shape index (κ1) is 16.0. The smallest absolute Gasteiger partial charge is 0.261 e. The number of rotatable bonds is 4. The van der Waals surface area contributed by atoms with Crippen LogP contribution in [0.1, 0.15) is 35.4 Å². The van der Waals surface area contributed by atoms with Gasteiger partial charge in [-0.1, -0.05) is 0 Å². The van der Waals surface area contributed by atoms with E-state index < -0.39 is 0 Å². The number of halogens is 2. The number of nitrogens with zero attached hydrogens (tertiary/aromatic N) is 1. The zero-order chi connectivity index (χ0) is 14.5. The van der Waals surface area contributed by atoms with Gasteiger partial charge in [-0.3, -0.25) is 9.59 Å². The Morgan fingerprint density at radius 1 is 1.25 bits per heavy atom. The standard InChI is InChI=1S/C13H16Br2N2O2S/c14-9-8-10(20-12(9)15)13(19)16-5-4-11(18)17-6-2-1-3-7-17/h8H,1-7H2,(H,16,19). The normalized spacial score (nSPS) is 15.2. The first-order valence-corrected chi connectivity index (χ1v) is 8.99. The van der Waals surface area contributed by atoms with Crippen LogP contribution in [0.3, 0.4) is 0 Å². The Balaban J connectivity index is 1.75. The molecule has 0 aromatic carbocycles. The molecule has 7 heteroatoms. The maximum absolute atomic E-state index is 11.9. The molecule has 2 rings (SSSR count). The molecular formula is C13H16Br2N2O2S. The fourth-order valence-corrected chi connectivity index (χ4v) is 4.08. The predicted molar refractivity (Wildman–Crippen MR) is 87.1 cm³/mol. The third kappa shape index (κ3) is 4.30. The summed E-state index contributed by atoms with van der Waals surface area (Å²) in [5, 5.41) is 2.79. The molecule has 1 saturated heterocycles. The second kappa shape index (κ2) is 7.56. The van der Waals surface area contributed by atoms with Gasteiger partial charge in [0.1, 0.15) is 0 Å². The molecule has 4 nitrogen and oxygen atoms in total. The SMILES string of the molecule is O=C(NCCC(=O)N1CCCCC1)c1cc(Br)c(Br)s1. The van der Waals surface area contributed by atoms with Crippen LogP contribution in [0.15, 0.2) is 14.3 Å². The van der Waals surface area contributed by atoms with Gasteiger partial charge < -0.3 is 10.2 Å². The van der Waals surface area contributed by atoms with Crippen molar-refractivity contribution in [2.75, 3.05) is 19.6 Å². The molecule has 1 aliphatic heterocycles. The molecule has 110 valence electrons. The van der Waals surface area contributed by atoms with Crippen molar-refractivity contribution >= 4 is 55.0 Å². The highest BCUT2D eigenvalue weighted by Crippen LogP contribution is 2.32. The van der Waals surface area contributed by atoms with Gasteiger partial charge in [0, 0.05) is 30.5 Å². The fourth-order valence-electron chi connectivity index (χ4n) is 2.13. The molecule has 1 aliphatic rings. The van der Waals surface area contributed by atoms with Crippen LogP contribution in [0.2, 0.25) is 0 Å². The van der Waals surface area contributed by atoms with E-state index in [-0.39, 0.29) is 11.8 Å². The van der Waals surface area contributed by atoms with Gasteiger partial charge >= 0.3 is 0 Å². The second-order valence-electron chi connectivity index (χ2n) is 4.68. The molecule has 20 heavy (non-hydrogen) atoms. The molecule has 0 atom stereocenters. The molecule has 0 aliphatic carbocycles. The van der Waals surface area contributed by atoms with E-state index in [0.29, 0.717) is 17.8 Å². The summed E-state index contributed by atoms with van der Waals surface area (Å²) in [7, 11) is 0. The van der Waals surface area contributed by atoms with Crippen LogP contribution in [-0.4, -0.2) is 36.3 Å². The lowest BCUT2D eigenvalue weighted by molar-refractivity contribution is -0.131.